The van der Waals surface area contributed by atoms with Crippen molar-refractivity contribution in [2.75, 3.05) is 5.75 Å². The maximum atomic E-state index is 13.2. The van der Waals surface area contributed by atoms with Crippen LogP contribution < -0.4 is 5.56 Å². The Morgan fingerprint density at radius 3 is 2.79 bits per heavy atom. The number of aryl methyl sites for hydroxylation is 1. The van der Waals surface area contributed by atoms with Crippen molar-refractivity contribution in [1.29, 1.82) is 0 Å². The number of benzene rings is 1. The van der Waals surface area contributed by atoms with Crippen LogP contribution in [0.2, 0.25) is 0 Å². The molecule has 2 aromatic heterocycles. The second-order valence-corrected chi connectivity index (χ2v) is 8.39. The maximum absolute atomic E-state index is 13.2. The summed E-state index contributed by atoms with van der Waals surface area (Å²) in [5.41, 5.74) is 2.74. The van der Waals surface area contributed by atoms with Crippen molar-refractivity contribution >= 4 is 28.4 Å². The number of Topliss-reactive ketones (excluding diaryl/α,β-unsaturated/α-hetero) is 1. The van der Waals surface area contributed by atoms with Gasteiger partial charge in [0.2, 0.25) is 0 Å². The third-order valence-electron chi connectivity index (χ3n) is 5.43. The Morgan fingerprint density at radius 2 is 2.03 bits per heavy atom. The molecule has 0 bridgehead atoms. The van der Waals surface area contributed by atoms with Crippen LogP contribution in [-0.2, 0) is 13.6 Å². The molecule has 4 rings (SSSR count). The summed E-state index contributed by atoms with van der Waals surface area (Å²) in [4.78, 5) is 30.5. The van der Waals surface area contributed by atoms with Crippen LogP contribution in [0.4, 0.5) is 0 Å². The molecule has 3 aromatic rings. The summed E-state index contributed by atoms with van der Waals surface area (Å²) in [6.45, 7) is 0.600. The minimum Gasteiger partial charge on any atom is -0.348 e. The van der Waals surface area contributed by atoms with Crippen molar-refractivity contribution in [2.45, 2.75) is 43.8 Å². The lowest BCUT2D eigenvalue weighted by atomic mass is 9.97. The van der Waals surface area contributed by atoms with Gasteiger partial charge in [0.05, 0.1) is 22.3 Å². The highest BCUT2D eigenvalue weighted by Crippen LogP contribution is 2.23. The number of aromatic nitrogens is 3. The predicted molar refractivity (Wildman–Crippen MR) is 118 cm³/mol. The molecule has 0 saturated carbocycles. The molecule has 0 N–H and O–H groups in total. The number of carbonyl (C=O) groups excluding carboxylic acids is 1. The molecular formula is C23H25N3O2S. The number of hydrogen-bond donors (Lipinski definition) is 0. The van der Waals surface area contributed by atoms with Crippen molar-refractivity contribution in [1.82, 2.24) is 14.1 Å². The summed E-state index contributed by atoms with van der Waals surface area (Å²) in [6, 6.07) is 11.1. The molecule has 1 aliphatic carbocycles. The van der Waals surface area contributed by atoms with Gasteiger partial charge >= 0.3 is 0 Å². The first-order valence-corrected chi connectivity index (χ1v) is 11.1. The number of para-hydroxylation sites is 1. The molecule has 0 atom stereocenters. The smallest absolute Gasteiger partial charge is 0.262 e. The number of hydrogen-bond acceptors (Lipinski definition) is 4. The topological polar surface area (TPSA) is 56.9 Å². The van der Waals surface area contributed by atoms with Gasteiger partial charge < -0.3 is 4.57 Å². The highest BCUT2D eigenvalue weighted by molar-refractivity contribution is 7.99. The van der Waals surface area contributed by atoms with E-state index in [-0.39, 0.29) is 17.1 Å². The van der Waals surface area contributed by atoms with Gasteiger partial charge in [0.15, 0.2) is 10.9 Å². The summed E-state index contributed by atoms with van der Waals surface area (Å²) in [5.74, 6) is 0.289. The van der Waals surface area contributed by atoms with E-state index in [0.717, 1.165) is 19.3 Å². The number of ketones is 1. The lowest BCUT2D eigenvalue weighted by Crippen LogP contribution is -2.24. The van der Waals surface area contributed by atoms with Crippen LogP contribution >= 0.6 is 11.8 Å². The van der Waals surface area contributed by atoms with Gasteiger partial charge in [-0.05, 0) is 56.4 Å². The van der Waals surface area contributed by atoms with Crippen LogP contribution in [0.3, 0.4) is 0 Å². The minimum atomic E-state index is -0.0270. The molecule has 0 amide bonds. The van der Waals surface area contributed by atoms with Gasteiger partial charge in [0.1, 0.15) is 0 Å². The van der Waals surface area contributed by atoms with Gasteiger partial charge in [-0.2, -0.15) is 0 Å². The van der Waals surface area contributed by atoms with E-state index in [1.165, 1.54) is 30.2 Å². The summed E-state index contributed by atoms with van der Waals surface area (Å²) >= 11 is 1.35. The van der Waals surface area contributed by atoms with E-state index in [4.69, 9.17) is 4.98 Å². The summed E-state index contributed by atoms with van der Waals surface area (Å²) in [7, 11) is 1.86. The van der Waals surface area contributed by atoms with E-state index in [0.29, 0.717) is 28.3 Å². The Hall–Kier alpha value is -2.60. The van der Waals surface area contributed by atoms with Crippen LogP contribution in [0.5, 0.6) is 0 Å². The van der Waals surface area contributed by atoms with Crippen molar-refractivity contribution in [3.05, 3.63) is 70.3 Å². The molecule has 1 aromatic carbocycles. The first-order valence-electron chi connectivity index (χ1n) is 10.1. The van der Waals surface area contributed by atoms with Gasteiger partial charge in [0.25, 0.3) is 5.56 Å². The quantitative estimate of drug-likeness (QED) is 0.249. The second-order valence-electron chi connectivity index (χ2n) is 7.44. The fourth-order valence-corrected chi connectivity index (χ4v) is 4.70. The molecule has 0 radical (unpaired) electrons. The first kappa shape index (κ1) is 19.7. The van der Waals surface area contributed by atoms with Crippen LogP contribution in [0.25, 0.3) is 10.9 Å². The van der Waals surface area contributed by atoms with Gasteiger partial charge in [0, 0.05) is 19.8 Å². The normalized spacial score (nSPS) is 14.2. The molecule has 0 aliphatic heterocycles. The molecule has 6 heteroatoms. The second kappa shape index (κ2) is 8.82. The zero-order valence-electron chi connectivity index (χ0n) is 16.6. The molecule has 0 fully saturated rings. The molecular weight excluding hydrogens is 382 g/mol. The van der Waals surface area contributed by atoms with Gasteiger partial charge in [-0.3, -0.25) is 14.2 Å². The van der Waals surface area contributed by atoms with Crippen molar-refractivity contribution in [2.24, 2.45) is 7.05 Å². The average molecular weight is 408 g/mol. The molecule has 2 heterocycles. The standard InChI is InChI=1S/C23H25N3O2S/c1-25-14-7-12-20(25)21(27)16-29-23-24-19-11-6-5-10-18(19)22(28)26(23)15-13-17-8-3-2-4-9-17/h5-8,10-12,14H,2-4,9,13,15-16H2,1H3. The SMILES string of the molecule is Cn1cccc1C(=O)CSc1nc2ccccc2c(=O)n1CCC1=CCCCC1. The average Bonchev–Trinajstić information content (AvgIpc) is 3.18. The van der Waals surface area contributed by atoms with Gasteiger partial charge in [-0.15, -0.1) is 0 Å². The number of nitrogens with zero attached hydrogens (tertiary/aromatic N) is 3. The fourth-order valence-electron chi connectivity index (χ4n) is 3.80. The van der Waals surface area contributed by atoms with E-state index in [9.17, 15) is 9.59 Å². The van der Waals surface area contributed by atoms with Crippen molar-refractivity contribution in [3.8, 4) is 0 Å². The summed E-state index contributed by atoms with van der Waals surface area (Å²) in [6.07, 6.45) is 9.76. The van der Waals surface area contributed by atoms with E-state index >= 15 is 0 Å². The lowest BCUT2D eigenvalue weighted by molar-refractivity contribution is 0.101. The van der Waals surface area contributed by atoms with Crippen molar-refractivity contribution < 1.29 is 4.79 Å². The van der Waals surface area contributed by atoms with Crippen LogP contribution in [0, 0.1) is 0 Å². The number of fused-ring (bicyclic) bond motifs is 1. The number of carbonyl (C=O) groups is 1. The summed E-state index contributed by atoms with van der Waals surface area (Å²) in [5, 5.41) is 1.25. The largest absolute Gasteiger partial charge is 0.348 e. The van der Waals surface area contributed by atoms with E-state index in [2.05, 4.69) is 6.08 Å². The highest BCUT2D eigenvalue weighted by atomic mass is 32.2. The Balaban J connectivity index is 1.61. The third kappa shape index (κ3) is 4.37. The monoisotopic (exact) mass is 407 g/mol. The lowest BCUT2D eigenvalue weighted by Gasteiger charge is -2.16. The van der Waals surface area contributed by atoms with Crippen LogP contribution in [0.15, 0.2) is 64.2 Å². The van der Waals surface area contributed by atoms with E-state index in [1.807, 2.05) is 54.2 Å². The maximum Gasteiger partial charge on any atom is 0.262 e. The Labute approximate surface area is 174 Å². The minimum absolute atomic E-state index is 0.0270. The van der Waals surface area contributed by atoms with Gasteiger partial charge in [-0.1, -0.05) is 35.5 Å². The zero-order chi connectivity index (χ0) is 20.2. The molecule has 5 nitrogen and oxygen atoms in total. The fraction of sp³-hybridized carbons (Fsp3) is 0.348. The Bertz CT molecular complexity index is 1130. The number of allylic oxidation sites excluding steroid dienone is 2. The van der Waals surface area contributed by atoms with E-state index < -0.39 is 0 Å². The molecule has 0 saturated heterocycles. The Kier molecular flexibility index (Phi) is 6.00. The molecule has 150 valence electrons. The predicted octanol–water partition coefficient (Wildman–Crippen LogP) is 4.60. The van der Waals surface area contributed by atoms with Crippen LogP contribution in [0.1, 0.15) is 42.6 Å². The molecule has 1 aliphatic rings. The van der Waals surface area contributed by atoms with Crippen LogP contribution in [-0.4, -0.2) is 25.7 Å². The third-order valence-corrected chi connectivity index (χ3v) is 6.41. The molecule has 0 unspecified atom stereocenters. The van der Waals surface area contributed by atoms with E-state index in [1.54, 1.807) is 4.57 Å². The molecule has 0 spiro atoms. The summed E-state index contributed by atoms with van der Waals surface area (Å²) < 4.78 is 3.57. The molecule has 29 heavy (non-hydrogen) atoms. The highest BCUT2D eigenvalue weighted by Gasteiger charge is 2.16. The van der Waals surface area contributed by atoms with Crippen molar-refractivity contribution in [3.63, 3.8) is 0 Å². The Morgan fingerprint density at radius 1 is 1.17 bits per heavy atom. The number of rotatable bonds is 7. The number of thioether (sulfide) groups is 1. The van der Waals surface area contributed by atoms with Gasteiger partial charge in [-0.25, -0.2) is 4.98 Å². The first-order chi connectivity index (χ1) is 14.1. The zero-order valence-corrected chi connectivity index (χ0v) is 17.5.